The Kier molecular flexibility index (Phi) is 4.21. The molecule has 22 heavy (non-hydrogen) atoms. The van der Waals surface area contributed by atoms with Crippen molar-refractivity contribution in [3.8, 4) is 22.6 Å². The Morgan fingerprint density at radius 1 is 1.09 bits per heavy atom. The molecule has 1 heterocycles. The second kappa shape index (κ2) is 6.45. The third kappa shape index (κ3) is 3.02. The lowest BCUT2D eigenvalue weighted by molar-refractivity contribution is 0.311. The zero-order chi connectivity index (χ0) is 15.4. The van der Waals surface area contributed by atoms with E-state index in [1.807, 2.05) is 18.2 Å². The molecule has 0 radical (unpaired) electrons. The summed E-state index contributed by atoms with van der Waals surface area (Å²) >= 11 is 0. The highest BCUT2D eigenvalue weighted by Gasteiger charge is 2.07. The lowest BCUT2D eigenvalue weighted by Crippen LogP contribution is -2.04. The number of aryl methyl sites for hydroxylation is 1. The molecule has 2 N–H and O–H groups in total. The SMILES string of the molecule is Cc1ccc(-c2ncco2)cc1-c1ccc(NCCO)cc1. The van der Waals surface area contributed by atoms with Crippen molar-refractivity contribution in [1.82, 2.24) is 4.98 Å². The van der Waals surface area contributed by atoms with E-state index in [2.05, 4.69) is 41.5 Å². The first-order chi connectivity index (χ1) is 10.8. The maximum atomic E-state index is 8.84. The number of oxazole rings is 1. The topological polar surface area (TPSA) is 58.3 Å². The molecule has 2 aromatic carbocycles. The molecule has 4 heteroatoms. The Balaban J connectivity index is 1.92. The Bertz CT molecular complexity index is 734. The predicted molar refractivity (Wildman–Crippen MR) is 87.7 cm³/mol. The number of aliphatic hydroxyl groups is 1. The molecule has 0 bridgehead atoms. The summed E-state index contributed by atoms with van der Waals surface area (Å²) in [6, 6.07) is 14.4. The first kappa shape index (κ1) is 14.4. The van der Waals surface area contributed by atoms with Crippen molar-refractivity contribution in [1.29, 1.82) is 0 Å². The normalized spacial score (nSPS) is 10.6. The minimum atomic E-state index is 0.124. The van der Waals surface area contributed by atoms with Crippen molar-refractivity contribution in [2.75, 3.05) is 18.5 Å². The van der Waals surface area contributed by atoms with Gasteiger partial charge in [-0.05, 0) is 47.9 Å². The molecule has 0 saturated heterocycles. The van der Waals surface area contributed by atoms with Crippen molar-refractivity contribution in [2.45, 2.75) is 6.92 Å². The van der Waals surface area contributed by atoms with Gasteiger partial charge in [0.2, 0.25) is 5.89 Å². The van der Waals surface area contributed by atoms with E-state index in [4.69, 9.17) is 9.52 Å². The molecular formula is C18H18N2O2. The Morgan fingerprint density at radius 3 is 2.55 bits per heavy atom. The zero-order valence-corrected chi connectivity index (χ0v) is 12.4. The number of rotatable bonds is 5. The first-order valence-corrected chi connectivity index (χ1v) is 7.23. The number of aromatic nitrogens is 1. The lowest BCUT2D eigenvalue weighted by Gasteiger charge is -2.10. The molecule has 0 spiro atoms. The summed E-state index contributed by atoms with van der Waals surface area (Å²) in [6.07, 6.45) is 3.23. The Hall–Kier alpha value is -2.59. The minimum Gasteiger partial charge on any atom is -0.445 e. The fourth-order valence-electron chi connectivity index (χ4n) is 2.40. The van der Waals surface area contributed by atoms with Crippen molar-refractivity contribution < 1.29 is 9.52 Å². The molecule has 0 atom stereocenters. The van der Waals surface area contributed by atoms with Gasteiger partial charge < -0.3 is 14.8 Å². The number of hydrogen-bond acceptors (Lipinski definition) is 4. The van der Waals surface area contributed by atoms with Crippen LogP contribution in [0.25, 0.3) is 22.6 Å². The standard InChI is InChI=1S/C18H18N2O2/c1-13-2-3-15(18-20-9-11-22-18)12-17(13)14-4-6-16(7-5-14)19-8-10-21/h2-7,9,11-12,19,21H,8,10H2,1H3. The van der Waals surface area contributed by atoms with Crippen molar-refractivity contribution >= 4 is 5.69 Å². The van der Waals surface area contributed by atoms with E-state index in [9.17, 15) is 0 Å². The summed E-state index contributed by atoms with van der Waals surface area (Å²) < 4.78 is 5.37. The Labute approximate surface area is 129 Å². The molecule has 0 fully saturated rings. The highest BCUT2D eigenvalue weighted by atomic mass is 16.3. The molecule has 3 rings (SSSR count). The molecule has 0 aliphatic rings. The van der Waals surface area contributed by atoms with Crippen LogP contribution in [0.3, 0.4) is 0 Å². The zero-order valence-electron chi connectivity index (χ0n) is 12.4. The number of nitrogens with one attached hydrogen (secondary N) is 1. The van der Waals surface area contributed by atoms with E-state index < -0.39 is 0 Å². The average molecular weight is 294 g/mol. The number of benzene rings is 2. The van der Waals surface area contributed by atoms with Crippen molar-refractivity contribution in [3.05, 3.63) is 60.5 Å². The van der Waals surface area contributed by atoms with Gasteiger partial charge in [-0.15, -0.1) is 0 Å². The van der Waals surface area contributed by atoms with E-state index >= 15 is 0 Å². The second-order valence-electron chi connectivity index (χ2n) is 5.09. The number of aliphatic hydroxyl groups excluding tert-OH is 1. The van der Waals surface area contributed by atoms with Gasteiger partial charge in [0, 0.05) is 17.8 Å². The molecule has 0 amide bonds. The van der Waals surface area contributed by atoms with E-state index in [1.54, 1.807) is 12.5 Å². The predicted octanol–water partition coefficient (Wildman–Crippen LogP) is 3.72. The van der Waals surface area contributed by atoms with Gasteiger partial charge in [0.25, 0.3) is 0 Å². The van der Waals surface area contributed by atoms with Gasteiger partial charge in [-0.3, -0.25) is 0 Å². The van der Waals surface area contributed by atoms with Crippen molar-refractivity contribution in [2.24, 2.45) is 0 Å². The maximum Gasteiger partial charge on any atom is 0.225 e. The molecule has 4 nitrogen and oxygen atoms in total. The number of nitrogens with zero attached hydrogens (tertiary/aromatic N) is 1. The summed E-state index contributed by atoms with van der Waals surface area (Å²) in [7, 11) is 0. The minimum absolute atomic E-state index is 0.124. The van der Waals surface area contributed by atoms with E-state index in [0.717, 1.165) is 22.4 Å². The van der Waals surface area contributed by atoms with Crippen LogP contribution >= 0.6 is 0 Å². The van der Waals surface area contributed by atoms with Crippen LogP contribution in [0.2, 0.25) is 0 Å². The first-order valence-electron chi connectivity index (χ1n) is 7.23. The summed E-state index contributed by atoms with van der Waals surface area (Å²) in [6.45, 7) is 2.77. The molecular weight excluding hydrogens is 276 g/mol. The third-order valence-corrected chi connectivity index (χ3v) is 3.55. The Morgan fingerprint density at radius 2 is 1.86 bits per heavy atom. The number of hydrogen-bond donors (Lipinski definition) is 2. The van der Waals surface area contributed by atoms with E-state index in [-0.39, 0.29) is 6.61 Å². The maximum absolute atomic E-state index is 8.84. The van der Waals surface area contributed by atoms with Crippen LogP contribution in [0.1, 0.15) is 5.56 Å². The summed E-state index contributed by atoms with van der Waals surface area (Å²) in [5.74, 6) is 0.627. The summed E-state index contributed by atoms with van der Waals surface area (Å²) in [5.41, 5.74) is 5.46. The second-order valence-corrected chi connectivity index (χ2v) is 5.09. The molecule has 112 valence electrons. The van der Waals surface area contributed by atoms with E-state index in [1.165, 1.54) is 5.56 Å². The number of anilines is 1. The highest BCUT2D eigenvalue weighted by molar-refractivity contribution is 5.74. The van der Waals surface area contributed by atoms with Gasteiger partial charge in [-0.1, -0.05) is 18.2 Å². The molecule has 3 aromatic rings. The van der Waals surface area contributed by atoms with Crippen LogP contribution < -0.4 is 5.32 Å². The van der Waals surface area contributed by atoms with Gasteiger partial charge in [-0.25, -0.2) is 4.98 Å². The van der Waals surface area contributed by atoms with Crippen LogP contribution in [-0.4, -0.2) is 23.2 Å². The smallest absolute Gasteiger partial charge is 0.225 e. The van der Waals surface area contributed by atoms with Crippen LogP contribution in [0.4, 0.5) is 5.69 Å². The van der Waals surface area contributed by atoms with E-state index in [0.29, 0.717) is 12.4 Å². The largest absolute Gasteiger partial charge is 0.445 e. The molecule has 0 unspecified atom stereocenters. The summed E-state index contributed by atoms with van der Waals surface area (Å²) in [4.78, 5) is 4.20. The fraction of sp³-hybridized carbons (Fsp3) is 0.167. The third-order valence-electron chi connectivity index (χ3n) is 3.55. The van der Waals surface area contributed by atoms with Gasteiger partial charge in [0.1, 0.15) is 6.26 Å². The fourth-order valence-corrected chi connectivity index (χ4v) is 2.40. The molecule has 0 aliphatic carbocycles. The van der Waals surface area contributed by atoms with Crippen LogP contribution in [-0.2, 0) is 0 Å². The lowest BCUT2D eigenvalue weighted by atomic mass is 9.98. The van der Waals surface area contributed by atoms with Gasteiger partial charge in [0.15, 0.2) is 0 Å². The van der Waals surface area contributed by atoms with Gasteiger partial charge in [-0.2, -0.15) is 0 Å². The molecule has 0 saturated carbocycles. The van der Waals surface area contributed by atoms with Crippen molar-refractivity contribution in [3.63, 3.8) is 0 Å². The highest BCUT2D eigenvalue weighted by Crippen LogP contribution is 2.29. The van der Waals surface area contributed by atoms with Crippen LogP contribution in [0.5, 0.6) is 0 Å². The quantitative estimate of drug-likeness (QED) is 0.753. The average Bonchev–Trinajstić information content (AvgIpc) is 3.08. The van der Waals surface area contributed by atoms with Crippen LogP contribution in [0, 0.1) is 6.92 Å². The van der Waals surface area contributed by atoms with Gasteiger partial charge >= 0.3 is 0 Å². The summed E-state index contributed by atoms with van der Waals surface area (Å²) in [5, 5.41) is 12.0. The van der Waals surface area contributed by atoms with Crippen LogP contribution in [0.15, 0.2) is 59.3 Å². The molecule has 1 aromatic heterocycles. The van der Waals surface area contributed by atoms with Gasteiger partial charge in [0.05, 0.1) is 12.8 Å². The molecule has 0 aliphatic heterocycles. The monoisotopic (exact) mass is 294 g/mol.